The Balaban J connectivity index is 1.72. The van der Waals surface area contributed by atoms with Crippen molar-refractivity contribution < 1.29 is 44.0 Å². The van der Waals surface area contributed by atoms with Crippen LogP contribution in [0, 0.1) is 29.1 Å². The van der Waals surface area contributed by atoms with Crippen molar-refractivity contribution in [1.29, 1.82) is 0 Å². The molecule has 4 N–H and O–H groups in total. The van der Waals surface area contributed by atoms with Crippen LogP contribution in [0.2, 0.25) is 0 Å². The molecular weight excluding hydrogens is 518 g/mol. The van der Waals surface area contributed by atoms with Gasteiger partial charge in [-0.1, -0.05) is 39.0 Å². The largest absolute Gasteiger partial charge is 0.454 e. The molecule has 8 atom stereocenters. The summed E-state index contributed by atoms with van der Waals surface area (Å²) in [6, 6.07) is 6.68. The number of benzene rings is 1. The van der Waals surface area contributed by atoms with E-state index in [1.165, 1.54) is 19.9 Å². The first-order valence-electron chi connectivity index (χ1n) is 13.4. The fourth-order valence-electron chi connectivity index (χ4n) is 7.96. The van der Waals surface area contributed by atoms with E-state index in [1.54, 1.807) is 52.1 Å². The van der Waals surface area contributed by atoms with Crippen molar-refractivity contribution in [3.05, 3.63) is 53.1 Å². The van der Waals surface area contributed by atoms with E-state index >= 15 is 0 Å². The van der Waals surface area contributed by atoms with Crippen LogP contribution in [-0.4, -0.2) is 75.4 Å². The molecule has 0 spiro atoms. The molecule has 0 amide bonds. The van der Waals surface area contributed by atoms with Crippen LogP contribution in [-0.2, 0) is 23.9 Å². The molecular formula is C30H35NO9. The maximum atomic E-state index is 14.0. The minimum Gasteiger partial charge on any atom is -0.454 e. The number of hydrogen-bond acceptors (Lipinski definition) is 10. The van der Waals surface area contributed by atoms with Gasteiger partial charge in [0.1, 0.15) is 6.10 Å². The summed E-state index contributed by atoms with van der Waals surface area (Å²) in [5, 5.41) is 37.5. The van der Waals surface area contributed by atoms with Crippen molar-refractivity contribution in [2.75, 3.05) is 19.0 Å². The number of nitrogens with one attached hydrogen (secondary N) is 1. The third-order valence-electron chi connectivity index (χ3n) is 9.84. The molecule has 1 aromatic rings. The second-order valence-electron chi connectivity index (χ2n) is 12.0. The number of fused-ring (bicyclic) bond motifs is 5. The smallest absolute Gasteiger partial charge is 0.340 e. The number of anilines is 1. The number of aliphatic hydroxyl groups excluding tert-OH is 1. The Hall–Kier alpha value is -3.34. The number of carbonyl (C=O) groups is 4. The second-order valence-corrected chi connectivity index (χ2v) is 12.0. The molecule has 0 aliphatic heterocycles. The monoisotopic (exact) mass is 553 g/mol. The van der Waals surface area contributed by atoms with Crippen molar-refractivity contribution in [1.82, 2.24) is 0 Å². The summed E-state index contributed by atoms with van der Waals surface area (Å²) >= 11 is 0. The number of para-hydroxylation sites is 1. The summed E-state index contributed by atoms with van der Waals surface area (Å²) in [6.45, 7) is 7.04. The van der Waals surface area contributed by atoms with Gasteiger partial charge in [0.05, 0.1) is 23.7 Å². The number of ether oxygens (including phenoxy) is 2. The molecule has 0 radical (unpaired) electrons. The van der Waals surface area contributed by atoms with Gasteiger partial charge in [0.15, 0.2) is 22.8 Å². The van der Waals surface area contributed by atoms with Crippen LogP contribution in [0.5, 0.6) is 0 Å². The molecule has 40 heavy (non-hydrogen) atoms. The molecule has 1 aromatic carbocycles. The quantitative estimate of drug-likeness (QED) is 0.394. The number of carbonyl (C=O) groups excluding carboxylic acids is 4. The van der Waals surface area contributed by atoms with E-state index in [0.29, 0.717) is 5.69 Å². The van der Waals surface area contributed by atoms with Gasteiger partial charge in [-0.3, -0.25) is 14.4 Å². The minimum atomic E-state index is -2.30. The highest BCUT2D eigenvalue weighted by Gasteiger charge is 2.89. The maximum Gasteiger partial charge on any atom is 0.340 e. The zero-order valence-electron chi connectivity index (χ0n) is 23.3. The molecule has 0 unspecified atom stereocenters. The zero-order valence-corrected chi connectivity index (χ0v) is 23.3. The molecule has 214 valence electrons. The van der Waals surface area contributed by atoms with Crippen molar-refractivity contribution in [2.45, 2.75) is 57.5 Å². The van der Waals surface area contributed by atoms with Crippen molar-refractivity contribution in [3.8, 4) is 0 Å². The Kier molecular flexibility index (Phi) is 6.22. The number of esters is 2. The van der Waals surface area contributed by atoms with Gasteiger partial charge < -0.3 is 30.1 Å². The summed E-state index contributed by atoms with van der Waals surface area (Å²) in [7, 11) is 1.65. The molecule has 0 aromatic heterocycles. The van der Waals surface area contributed by atoms with E-state index in [9.17, 15) is 34.5 Å². The van der Waals surface area contributed by atoms with E-state index in [0.717, 1.165) is 6.08 Å². The van der Waals surface area contributed by atoms with Crippen LogP contribution >= 0.6 is 0 Å². The van der Waals surface area contributed by atoms with E-state index in [2.05, 4.69) is 5.32 Å². The van der Waals surface area contributed by atoms with Crippen LogP contribution in [0.3, 0.4) is 0 Å². The van der Waals surface area contributed by atoms with Gasteiger partial charge in [-0.05, 0) is 30.7 Å². The highest BCUT2D eigenvalue weighted by molar-refractivity contribution is 6.09. The Labute approximate surface area is 232 Å². The molecule has 10 nitrogen and oxygen atoms in total. The number of aliphatic hydroxyl groups is 3. The van der Waals surface area contributed by atoms with Gasteiger partial charge in [0, 0.05) is 48.4 Å². The molecule has 2 fully saturated rings. The van der Waals surface area contributed by atoms with Gasteiger partial charge >= 0.3 is 11.9 Å². The topological polar surface area (TPSA) is 159 Å². The summed E-state index contributed by atoms with van der Waals surface area (Å²) < 4.78 is 12.1. The molecule has 4 aliphatic rings. The van der Waals surface area contributed by atoms with Gasteiger partial charge in [0.2, 0.25) is 0 Å². The normalized spacial score (nSPS) is 39.1. The SMILES string of the molecule is CNc1ccccc1C(=O)O[C@@H]1[C@@H](C)[C@@]2(O)[C@@H](C(=O)C(CO)=C[C@]3(O)C(=O)C(C)=C[C@@H]23)[C@@H]2C(C)(C)[C@]12OC(C)=O. The average Bonchev–Trinajstić information content (AvgIpc) is 3.30. The summed E-state index contributed by atoms with van der Waals surface area (Å²) in [5.74, 6) is -7.31. The van der Waals surface area contributed by atoms with E-state index < -0.39 is 82.1 Å². The van der Waals surface area contributed by atoms with E-state index in [1.807, 2.05) is 0 Å². The first kappa shape index (κ1) is 28.2. The number of hydrogen-bond donors (Lipinski definition) is 4. The van der Waals surface area contributed by atoms with Gasteiger partial charge in [-0.2, -0.15) is 0 Å². The Morgan fingerprint density at radius 3 is 2.38 bits per heavy atom. The summed E-state index contributed by atoms with van der Waals surface area (Å²) in [6.07, 6.45) is 1.23. The predicted octanol–water partition coefficient (Wildman–Crippen LogP) is 1.59. The lowest BCUT2D eigenvalue weighted by atomic mass is 9.58. The second kappa shape index (κ2) is 8.83. The summed E-state index contributed by atoms with van der Waals surface area (Å²) in [5.41, 5.74) is -6.21. The molecule has 0 saturated heterocycles. The zero-order chi connectivity index (χ0) is 29.6. The lowest BCUT2D eigenvalue weighted by molar-refractivity contribution is -0.220. The first-order chi connectivity index (χ1) is 18.6. The fraction of sp³-hybridized carbons (Fsp3) is 0.533. The van der Waals surface area contributed by atoms with Crippen LogP contribution in [0.4, 0.5) is 5.69 Å². The fourth-order valence-corrected chi connectivity index (χ4v) is 7.96. The Bertz CT molecular complexity index is 1390. The minimum absolute atomic E-state index is 0.193. The molecule has 10 heteroatoms. The van der Waals surface area contributed by atoms with Gasteiger partial charge in [-0.25, -0.2) is 4.79 Å². The first-order valence-corrected chi connectivity index (χ1v) is 13.4. The highest BCUT2D eigenvalue weighted by atomic mass is 16.6. The molecule has 0 bridgehead atoms. The van der Waals surface area contributed by atoms with Gasteiger partial charge in [0.25, 0.3) is 0 Å². The standard InChI is InChI=1S/C30H35NO9/c1-14-11-20-28(37,24(14)35)12-17(13-32)22(34)21-23-27(4,5)30(23,40-16(3)33)25(15(2)29(20,21)38)39-26(36)18-9-7-8-10-19(18)31-6/h7-12,15,20-21,23,25,31-32,37-38H,13H2,1-6H3/t15-,20-,21+,23-,25-,28-,29+,30-/m1/s1. The number of ketones is 2. The molecule has 4 aliphatic carbocycles. The van der Waals surface area contributed by atoms with Crippen LogP contribution < -0.4 is 5.32 Å². The molecule has 5 rings (SSSR count). The van der Waals surface area contributed by atoms with Gasteiger partial charge in [-0.15, -0.1) is 0 Å². The molecule has 2 saturated carbocycles. The average molecular weight is 554 g/mol. The van der Waals surface area contributed by atoms with Crippen molar-refractivity contribution in [2.24, 2.45) is 29.1 Å². The van der Waals surface area contributed by atoms with E-state index in [4.69, 9.17) is 9.47 Å². The summed E-state index contributed by atoms with van der Waals surface area (Å²) in [4.78, 5) is 53.4. The van der Waals surface area contributed by atoms with E-state index in [-0.39, 0.29) is 16.7 Å². The predicted molar refractivity (Wildman–Crippen MR) is 142 cm³/mol. The van der Waals surface area contributed by atoms with Crippen LogP contribution in [0.25, 0.3) is 0 Å². The third kappa shape index (κ3) is 3.33. The van der Waals surface area contributed by atoms with Crippen LogP contribution in [0.1, 0.15) is 45.0 Å². The van der Waals surface area contributed by atoms with Crippen molar-refractivity contribution in [3.63, 3.8) is 0 Å². The lowest BCUT2D eigenvalue weighted by Crippen LogP contribution is -2.67. The lowest BCUT2D eigenvalue weighted by Gasteiger charge is -2.52. The van der Waals surface area contributed by atoms with Crippen LogP contribution in [0.15, 0.2) is 47.6 Å². The number of rotatable bonds is 5. The third-order valence-corrected chi connectivity index (χ3v) is 9.84. The Morgan fingerprint density at radius 2 is 1.77 bits per heavy atom. The maximum absolute atomic E-state index is 14.0. The van der Waals surface area contributed by atoms with Crippen molar-refractivity contribution >= 4 is 29.2 Å². The molecule has 0 heterocycles. The highest BCUT2D eigenvalue weighted by Crippen LogP contribution is 2.77. The number of Topliss-reactive ketones (excluding diaryl/α,β-unsaturated/α-hetero) is 2. The Morgan fingerprint density at radius 1 is 1.12 bits per heavy atom.